The molecule has 5 nitrogen and oxygen atoms in total. The van der Waals surface area contributed by atoms with Crippen molar-refractivity contribution in [3.63, 3.8) is 0 Å². The number of ether oxygens (including phenoxy) is 2. The summed E-state index contributed by atoms with van der Waals surface area (Å²) >= 11 is 9.90. The van der Waals surface area contributed by atoms with Crippen molar-refractivity contribution >= 4 is 53.5 Å². The zero-order chi connectivity index (χ0) is 15.6. The number of nitro groups is 1. The third-order valence-corrected chi connectivity index (χ3v) is 4.28. The van der Waals surface area contributed by atoms with Crippen molar-refractivity contribution in [1.82, 2.24) is 0 Å². The molecule has 0 N–H and O–H groups in total. The highest BCUT2D eigenvalue weighted by Crippen LogP contribution is 2.40. The van der Waals surface area contributed by atoms with Gasteiger partial charge in [-0.05, 0) is 56.1 Å². The Morgan fingerprint density at radius 2 is 1.62 bits per heavy atom. The van der Waals surface area contributed by atoms with Crippen molar-refractivity contribution in [3.8, 4) is 17.2 Å². The summed E-state index contributed by atoms with van der Waals surface area (Å²) in [5, 5.41) is 11.1. The van der Waals surface area contributed by atoms with Crippen molar-refractivity contribution in [2.45, 2.75) is 0 Å². The summed E-state index contributed by atoms with van der Waals surface area (Å²) in [6, 6.07) is 7.99. The molecule has 2 aromatic carbocycles. The first kappa shape index (κ1) is 16.3. The maximum atomic E-state index is 11.1. The van der Waals surface area contributed by atoms with Crippen molar-refractivity contribution in [2.75, 3.05) is 7.11 Å². The Labute approximate surface area is 145 Å². The molecule has 0 unspecified atom stereocenters. The van der Waals surface area contributed by atoms with Gasteiger partial charge in [0, 0.05) is 10.5 Å². The summed E-state index contributed by atoms with van der Waals surface area (Å²) in [6.07, 6.45) is 0. The van der Waals surface area contributed by atoms with E-state index in [1.807, 2.05) is 0 Å². The van der Waals surface area contributed by atoms with E-state index >= 15 is 0 Å². The first-order chi connectivity index (χ1) is 9.92. The first-order valence-corrected chi connectivity index (χ1v) is 7.95. The van der Waals surface area contributed by atoms with Gasteiger partial charge in [0.2, 0.25) is 5.75 Å². The molecule has 8 heteroatoms. The lowest BCUT2D eigenvalue weighted by Crippen LogP contribution is -1.94. The van der Waals surface area contributed by atoms with E-state index in [9.17, 15) is 10.1 Å². The molecule has 0 aliphatic rings. The van der Waals surface area contributed by atoms with Gasteiger partial charge in [0.15, 0.2) is 0 Å². The monoisotopic (exact) mass is 479 g/mol. The van der Waals surface area contributed by atoms with E-state index in [0.717, 1.165) is 0 Å². The van der Waals surface area contributed by atoms with Crippen molar-refractivity contribution in [2.24, 2.45) is 0 Å². The van der Waals surface area contributed by atoms with Crippen LogP contribution < -0.4 is 9.47 Å². The van der Waals surface area contributed by atoms with E-state index < -0.39 is 4.92 Å². The van der Waals surface area contributed by atoms with Crippen LogP contribution in [0.25, 0.3) is 0 Å². The molecule has 0 aliphatic carbocycles. The highest BCUT2D eigenvalue weighted by atomic mass is 79.9. The van der Waals surface area contributed by atoms with Gasteiger partial charge < -0.3 is 9.47 Å². The maximum Gasteiger partial charge on any atom is 0.312 e. The minimum atomic E-state index is -0.493. The summed E-state index contributed by atoms with van der Waals surface area (Å²) < 4.78 is 12.7. The normalized spacial score (nSPS) is 10.3. The Hall–Kier alpha value is -1.12. The zero-order valence-electron chi connectivity index (χ0n) is 10.6. The summed E-state index contributed by atoms with van der Waals surface area (Å²) in [7, 11) is 1.55. The van der Waals surface area contributed by atoms with Gasteiger partial charge >= 0.3 is 5.69 Å². The lowest BCUT2D eigenvalue weighted by atomic mass is 10.3. The fourth-order valence-electron chi connectivity index (χ4n) is 1.58. The summed E-state index contributed by atoms with van der Waals surface area (Å²) in [5.74, 6) is 1.22. The van der Waals surface area contributed by atoms with Crippen LogP contribution in [-0.4, -0.2) is 12.0 Å². The Kier molecular flexibility index (Phi) is 5.23. The van der Waals surface area contributed by atoms with E-state index in [1.54, 1.807) is 25.3 Å². The van der Waals surface area contributed by atoms with Gasteiger partial charge in [-0.25, -0.2) is 0 Å². The third kappa shape index (κ3) is 3.75. The van der Waals surface area contributed by atoms with E-state index in [2.05, 4.69) is 47.8 Å². The lowest BCUT2D eigenvalue weighted by Gasteiger charge is -2.11. The van der Waals surface area contributed by atoms with Crippen LogP contribution in [0.15, 0.2) is 43.7 Å². The molecule has 0 heterocycles. The lowest BCUT2D eigenvalue weighted by molar-refractivity contribution is -0.385. The fraction of sp³-hybridized carbons (Fsp3) is 0.0769. The average molecular weight is 482 g/mol. The van der Waals surface area contributed by atoms with Gasteiger partial charge in [-0.3, -0.25) is 10.1 Å². The zero-order valence-corrected chi connectivity index (χ0v) is 15.4. The maximum absolute atomic E-state index is 11.1. The van der Waals surface area contributed by atoms with Gasteiger partial charge in [-0.15, -0.1) is 0 Å². The van der Waals surface area contributed by atoms with Gasteiger partial charge in [-0.1, -0.05) is 15.9 Å². The van der Waals surface area contributed by atoms with Crippen molar-refractivity contribution in [3.05, 3.63) is 53.9 Å². The highest BCUT2D eigenvalue weighted by molar-refractivity contribution is 9.11. The van der Waals surface area contributed by atoms with E-state index in [0.29, 0.717) is 24.9 Å². The molecule has 0 saturated heterocycles. The summed E-state index contributed by atoms with van der Waals surface area (Å²) in [6.45, 7) is 0. The molecule has 0 atom stereocenters. The number of halogens is 3. The number of nitro benzene ring substituents is 1. The molecule has 21 heavy (non-hydrogen) atoms. The van der Waals surface area contributed by atoms with Gasteiger partial charge in [0.1, 0.15) is 11.5 Å². The molecule has 0 radical (unpaired) electrons. The molecular weight excluding hydrogens is 474 g/mol. The number of nitrogens with zero attached hydrogens (tertiary/aromatic N) is 1. The molecule has 0 amide bonds. The number of rotatable bonds is 4. The molecule has 0 saturated carbocycles. The Morgan fingerprint density at radius 3 is 2.24 bits per heavy atom. The largest absolute Gasteiger partial charge is 0.496 e. The van der Waals surface area contributed by atoms with Crippen LogP contribution in [0.2, 0.25) is 0 Å². The Morgan fingerprint density at radius 1 is 1.00 bits per heavy atom. The minimum Gasteiger partial charge on any atom is -0.496 e. The standard InChI is InChI=1S/C13H8Br3NO4/c1-20-12-5-9(16)13(6-8(12)15)21-11-3-2-7(14)4-10(11)17(18)19/h2-6H,1H3. The fourth-order valence-corrected chi connectivity index (χ4v) is 2.82. The molecule has 0 spiro atoms. The molecule has 0 aliphatic heterocycles. The van der Waals surface area contributed by atoms with Gasteiger partial charge in [0.05, 0.1) is 21.0 Å². The van der Waals surface area contributed by atoms with Crippen LogP contribution in [0.3, 0.4) is 0 Å². The van der Waals surface area contributed by atoms with E-state index in [4.69, 9.17) is 9.47 Å². The van der Waals surface area contributed by atoms with Crippen LogP contribution in [0, 0.1) is 10.1 Å². The predicted molar refractivity (Wildman–Crippen MR) is 89.3 cm³/mol. The molecule has 110 valence electrons. The minimum absolute atomic E-state index is 0.122. The molecule has 0 bridgehead atoms. The third-order valence-electron chi connectivity index (χ3n) is 2.54. The van der Waals surface area contributed by atoms with Crippen LogP contribution in [0.4, 0.5) is 5.69 Å². The summed E-state index contributed by atoms with van der Waals surface area (Å²) in [5.41, 5.74) is -0.122. The molecule has 2 aromatic rings. The van der Waals surface area contributed by atoms with Crippen LogP contribution in [0.1, 0.15) is 0 Å². The quantitative estimate of drug-likeness (QED) is 0.416. The van der Waals surface area contributed by atoms with E-state index in [1.165, 1.54) is 12.1 Å². The topological polar surface area (TPSA) is 61.6 Å². The highest BCUT2D eigenvalue weighted by Gasteiger charge is 2.18. The second kappa shape index (κ2) is 6.76. The molecular formula is C13H8Br3NO4. The Balaban J connectivity index is 2.43. The molecule has 0 fully saturated rings. The average Bonchev–Trinajstić information content (AvgIpc) is 2.44. The van der Waals surface area contributed by atoms with E-state index in [-0.39, 0.29) is 11.4 Å². The SMILES string of the molecule is COc1cc(Br)c(Oc2ccc(Br)cc2[N+](=O)[O-])cc1Br. The number of hydrogen-bond acceptors (Lipinski definition) is 4. The second-order valence-corrected chi connectivity index (χ2v) is 6.51. The van der Waals surface area contributed by atoms with Crippen LogP contribution >= 0.6 is 47.8 Å². The van der Waals surface area contributed by atoms with Crippen molar-refractivity contribution < 1.29 is 14.4 Å². The number of hydrogen-bond donors (Lipinski definition) is 0. The number of benzene rings is 2. The smallest absolute Gasteiger partial charge is 0.312 e. The Bertz CT molecular complexity index is 706. The second-order valence-electron chi connectivity index (χ2n) is 3.89. The molecule has 2 rings (SSSR count). The number of methoxy groups -OCH3 is 1. The van der Waals surface area contributed by atoms with Crippen LogP contribution in [0.5, 0.6) is 17.2 Å². The van der Waals surface area contributed by atoms with Crippen molar-refractivity contribution in [1.29, 1.82) is 0 Å². The van der Waals surface area contributed by atoms with Gasteiger partial charge in [0.25, 0.3) is 0 Å². The first-order valence-electron chi connectivity index (χ1n) is 5.57. The summed E-state index contributed by atoms with van der Waals surface area (Å²) in [4.78, 5) is 10.6. The van der Waals surface area contributed by atoms with Gasteiger partial charge in [-0.2, -0.15) is 0 Å². The molecule has 0 aromatic heterocycles. The predicted octanol–water partition coefficient (Wildman–Crippen LogP) is 5.68. The van der Waals surface area contributed by atoms with Crippen LogP contribution in [-0.2, 0) is 0 Å².